The van der Waals surface area contributed by atoms with E-state index in [1.54, 1.807) is 17.6 Å². The number of aromatic nitrogens is 2. The number of guanidine groups is 1. The predicted octanol–water partition coefficient (Wildman–Crippen LogP) is 2.98. The van der Waals surface area contributed by atoms with Gasteiger partial charge in [-0.3, -0.25) is 9.89 Å². The summed E-state index contributed by atoms with van der Waals surface area (Å²) in [5.41, 5.74) is 2.28. The first-order chi connectivity index (χ1) is 13.0. The van der Waals surface area contributed by atoms with E-state index in [1.165, 1.54) is 10.7 Å². The number of rotatable bonds is 5. The molecular weight excluding hydrogens is 487 g/mol. The molecule has 3 rings (SSSR count). The zero-order chi connectivity index (χ0) is 19.3. The second-order valence-electron chi connectivity index (χ2n) is 7.85. The third-order valence-corrected chi connectivity index (χ3v) is 5.61. The van der Waals surface area contributed by atoms with Crippen molar-refractivity contribution in [1.82, 2.24) is 25.3 Å². The second-order valence-corrected chi connectivity index (χ2v) is 8.80. The van der Waals surface area contributed by atoms with E-state index in [0.717, 1.165) is 57.3 Å². The Morgan fingerprint density at radius 1 is 1.29 bits per heavy atom. The molecule has 0 atom stereocenters. The molecule has 2 aromatic rings. The summed E-state index contributed by atoms with van der Waals surface area (Å²) in [7, 11) is 1.85. The molecule has 2 aromatic heterocycles. The molecule has 0 amide bonds. The topological polar surface area (TPSA) is 69.8 Å². The zero-order valence-corrected chi connectivity index (χ0v) is 20.3. The van der Waals surface area contributed by atoms with Crippen LogP contribution in [0, 0.1) is 0 Å². The van der Waals surface area contributed by atoms with Gasteiger partial charge in [0.15, 0.2) is 5.96 Å². The number of aliphatic imine (C=N–C) groups is 1. The summed E-state index contributed by atoms with van der Waals surface area (Å²) in [5.74, 6) is 0.976. The van der Waals surface area contributed by atoms with Gasteiger partial charge in [-0.15, -0.1) is 35.3 Å². The lowest BCUT2D eigenvalue weighted by molar-refractivity contribution is 0.169. The molecule has 1 aliphatic heterocycles. The fourth-order valence-electron chi connectivity index (χ4n) is 3.05. The van der Waals surface area contributed by atoms with Gasteiger partial charge in [-0.2, -0.15) is 0 Å². The van der Waals surface area contributed by atoms with E-state index in [9.17, 15) is 0 Å². The normalized spacial score (nSPS) is 16.1. The number of thiazole rings is 1. The summed E-state index contributed by atoms with van der Waals surface area (Å²) in [6.45, 7) is 12.2. The van der Waals surface area contributed by atoms with Crippen LogP contribution in [-0.4, -0.2) is 65.7 Å². The first-order valence-electron chi connectivity index (χ1n) is 9.48. The van der Waals surface area contributed by atoms with Gasteiger partial charge in [0.2, 0.25) is 0 Å². The van der Waals surface area contributed by atoms with Crippen molar-refractivity contribution in [3.63, 3.8) is 0 Å². The van der Waals surface area contributed by atoms with Gasteiger partial charge >= 0.3 is 0 Å². The highest BCUT2D eigenvalue weighted by atomic mass is 127. The monoisotopic (exact) mass is 518 g/mol. The van der Waals surface area contributed by atoms with Crippen molar-refractivity contribution in [1.29, 1.82) is 0 Å². The van der Waals surface area contributed by atoms with E-state index >= 15 is 0 Å². The molecule has 1 aliphatic rings. The van der Waals surface area contributed by atoms with Crippen molar-refractivity contribution in [2.24, 2.45) is 4.99 Å². The minimum atomic E-state index is 0. The Hall–Kier alpha value is -1.20. The minimum Gasteiger partial charge on any atom is -0.364 e. The van der Waals surface area contributed by atoms with Crippen LogP contribution in [0.5, 0.6) is 0 Å². The van der Waals surface area contributed by atoms with Crippen LogP contribution < -0.4 is 5.32 Å². The summed E-state index contributed by atoms with van der Waals surface area (Å²) in [6.07, 6.45) is 2.55. The van der Waals surface area contributed by atoms with E-state index in [0.29, 0.717) is 0 Å². The Balaban J connectivity index is 0.00000280. The largest absolute Gasteiger partial charge is 0.364 e. The average Bonchev–Trinajstić information content (AvgIpc) is 3.31. The molecule has 9 heteroatoms. The molecule has 1 N–H and O–H groups in total. The van der Waals surface area contributed by atoms with Gasteiger partial charge in [-0.1, -0.05) is 25.9 Å². The van der Waals surface area contributed by atoms with Crippen molar-refractivity contribution in [3.8, 4) is 0 Å². The maximum atomic E-state index is 4.91. The van der Waals surface area contributed by atoms with E-state index in [-0.39, 0.29) is 29.4 Å². The van der Waals surface area contributed by atoms with E-state index < -0.39 is 0 Å². The van der Waals surface area contributed by atoms with Gasteiger partial charge in [0.25, 0.3) is 0 Å². The molecule has 28 heavy (non-hydrogen) atoms. The van der Waals surface area contributed by atoms with E-state index in [1.807, 2.05) is 13.1 Å². The van der Waals surface area contributed by atoms with Gasteiger partial charge in [-0.05, 0) is 0 Å². The fraction of sp³-hybridized carbons (Fsp3) is 0.632. The molecule has 0 unspecified atom stereocenters. The Labute approximate surface area is 188 Å². The van der Waals surface area contributed by atoms with Crippen LogP contribution in [0.15, 0.2) is 27.2 Å². The number of hydrogen-bond donors (Lipinski definition) is 1. The lowest BCUT2D eigenvalue weighted by atomic mass is 9.93. The third-order valence-electron chi connectivity index (χ3n) is 4.70. The lowest BCUT2D eigenvalue weighted by Crippen LogP contribution is -2.52. The van der Waals surface area contributed by atoms with Crippen LogP contribution in [0.4, 0.5) is 0 Å². The molecule has 0 spiro atoms. The van der Waals surface area contributed by atoms with Crippen molar-refractivity contribution in [3.05, 3.63) is 34.1 Å². The Morgan fingerprint density at radius 2 is 2.04 bits per heavy atom. The quantitative estimate of drug-likeness (QED) is 0.373. The molecule has 1 saturated heterocycles. The summed E-state index contributed by atoms with van der Waals surface area (Å²) in [6, 6.07) is 1.93. The molecule has 1 fully saturated rings. The van der Waals surface area contributed by atoms with Gasteiger partial charge in [0.1, 0.15) is 6.26 Å². The predicted molar refractivity (Wildman–Crippen MR) is 125 cm³/mol. The van der Waals surface area contributed by atoms with Crippen LogP contribution in [0.25, 0.3) is 0 Å². The third kappa shape index (κ3) is 6.41. The van der Waals surface area contributed by atoms with Crippen LogP contribution >= 0.6 is 35.3 Å². The van der Waals surface area contributed by atoms with Crippen LogP contribution in [0.2, 0.25) is 0 Å². The maximum Gasteiger partial charge on any atom is 0.193 e. The molecule has 3 heterocycles. The van der Waals surface area contributed by atoms with E-state index in [4.69, 9.17) is 9.51 Å². The molecule has 0 radical (unpaired) electrons. The highest BCUT2D eigenvalue weighted by Crippen LogP contribution is 2.23. The van der Waals surface area contributed by atoms with Crippen molar-refractivity contribution in [2.45, 2.75) is 39.2 Å². The Kier molecular flexibility index (Phi) is 8.69. The first-order valence-corrected chi connectivity index (χ1v) is 10.4. The molecule has 0 bridgehead atoms. The molecule has 0 saturated carbocycles. The number of nitrogens with zero attached hydrogens (tertiary/aromatic N) is 5. The molecular formula is C19H31IN6OS. The Morgan fingerprint density at radius 3 is 2.61 bits per heavy atom. The number of halogens is 1. The summed E-state index contributed by atoms with van der Waals surface area (Å²) in [5, 5.41) is 10.8. The number of hydrogen-bond acceptors (Lipinski definition) is 6. The standard InChI is InChI=1S/C19H30N6OS.HI/c1-19(2,3)16-14-27-17(22-16)5-7-21-18(20-4)25-10-8-24(9-11-25)13-15-6-12-26-23-15;/h6,12,14H,5,7-11,13H2,1-4H3,(H,20,21);1H. The number of nitrogens with one attached hydrogen (secondary N) is 1. The van der Waals surface area contributed by atoms with Gasteiger partial charge in [-0.25, -0.2) is 4.98 Å². The molecule has 156 valence electrons. The minimum absolute atomic E-state index is 0. The van der Waals surface area contributed by atoms with Crippen molar-refractivity contribution >= 4 is 41.3 Å². The number of piperazine rings is 1. The van der Waals surface area contributed by atoms with Crippen LogP contribution in [0.3, 0.4) is 0 Å². The van der Waals surface area contributed by atoms with Crippen molar-refractivity contribution in [2.75, 3.05) is 39.8 Å². The van der Waals surface area contributed by atoms with Crippen LogP contribution in [0.1, 0.15) is 37.2 Å². The van der Waals surface area contributed by atoms with Gasteiger partial charge in [0, 0.05) is 69.6 Å². The fourth-order valence-corrected chi connectivity index (χ4v) is 4.07. The summed E-state index contributed by atoms with van der Waals surface area (Å²) < 4.78 is 4.91. The van der Waals surface area contributed by atoms with Gasteiger partial charge < -0.3 is 14.7 Å². The second kappa shape index (κ2) is 10.5. The summed E-state index contributed by atoms with van der Waals surface area (Å²) in [4.78, 5) is 13.9. The maximum absolute atomic E-state index is 4.91. The highest BCUT2D eigenvalue weighted by molar-refractivity contribution is 14.0. The van der Waals surface area contributed by atoms with Crippen molar-refractivity contribution < 1.29 is 4.52 Å². The van der Waals surface area contributed by atoms with E-state index in [2.05, 4.69) is 51.4 Å². The average molecular weight is 518 g/mol. The first kappa shape index (κ1) is 23.1. The van der Waals surface area contributed by atoms with Gasteiger partial charge in [0.05, 0.1) is 16.4 Å². The zero-order valence-electron chi connectivity index (χ0n) is 17.1. The molecule has 0 aromatic carbocycles. The Bertz CT molecular complexity index is 732. The SMILES string of the molecule is CN=C(NCCc1nc(C(C)(C)C)cs1)N1CCN(Cc2ccon2)CC1.I. The summed E-state index contributed by atoms with van der Waals surface area (Å²) >= 11 is 1.75. The highest BCUT2D eigenvalue weighted by Gasteiger charge is 2.20. The smallest absolute Gasteiger partial charge is 0.193 e. The lowest BCUT2D eigenvalue weighted by Gasteiger charge is -2.36. The molecule has 7 nitrogen and oxygen atoms in total. The molecule has 0 aliphatic carbocycles. The van der Waals surface area contributed by atoms with Crippen LogP contribution in [-0.2, 0) is 18.4 Å².